The first-order chi connectivity index (χ1) is 16.7. The van der Waals surface area contributed by atoms with Crippen LogP contribution < -0.4 is 4.74 Å². The predicted molar refractivity (Wildman–Crippen MR) is 133 cm³/mol. The zero-order chi connectivity index (χ0) is 25.0. The number of piperidine rings is 1. The fourth-order valence-corrected chi connectivity index (χ4v) is 5.04. The van der Waals surface area contributed by atoms with Crippen LogP contribution in [0.4, 0.5) is 4.39 Å². The number of carbonyl (C=O) groups excluding carboxylic acids is 1. The number of carboxylic acid groups (broad SMARTS) is 1. The zero-order valence-electron chi connectivity index (χ0n) is 20.6. The van der Waals surface area contributed by atoms with Crippen molar-refractivity contribution in [1.29, 1.82) is 0 Å². The number of carbonyl (C=O) groups is 2. The van der Waals surface area contributed by atoms with Gasteiger partial charge in [-0.2, -0.15) is 0 Å². The SMILES string of the molecule is CC(C)(F)CN1CCC(COc2ccc(-c3ccc(C(=O)N4CCC[C@@H]4C(=O)O)cc3)cc2)CC1. The second-order valence-corrected chi connectivity index (χ2v) is 10.3. The smallest absolute Gasteiger partial charge is 0.326 e. The van der Waals surface area contributed by atoms with Crippen LogP contribution in [0.25, 0.3) is 11.1 Å². The Hall–Kier alpha value is -2.93. The van der Waals surface area contributed by atoms with Crippen molar-refractivity contribution in [3.8, 4) is 16.9 Å². The highest BCUT2D eigenvalue weighted by Gasteiger charge is 2.34. The molecule has 1 N–H and O–H groups in total. The number of benzene rings is 2. The quantitative estimate of drug-likeness (QED) is 0.581. The van der Waals surface area contributed by atoms with Gasteiger partial charge in [-0.3, -0.25) is 4.79 Å². The highest BCUT2D eigenvalue weighted by atomic mass is 19.1. The zero-order valence-corrected chi connectivity index (χ0v) is 20.6. The summed E-state index contributed by atoms with van der Waals surface area (Å²) in [6, 6.07) is 14.5. The lowest BCUT2D eigenvalue weighted by molar-refractivity contribution is -0.141. The molecule has 35 heavy (non-hydrogen) atoms. The molecule has 188 valence electrons. The van der Waals surface area contributed by atoms with Crippen LogP contribution in [0.2, 0.25) is 0 Å². The van der Waals surface area contributed by atoms with E-state index in [1.54, 1.807) is 26.0 Å². The van der Waals surface area contributed by atoms with Gasteiger partial charge in [0.25, 0.3) is 5.91 Å². The summed E-state index contributed by atoms with van der Waals surface area (Å²) in [5, 5.41) is 9.34. The van der Waals surface area contributed by atoms with Crippen molar-refractivity contribution in [1.82, 2.24) is 9.80 Å². The number of nitrogens with zero attached hydrogens (tertiary/aromatic N) is 2. The molecule has 2 fully saturated rings. The largest absolute Gasteiger partial charge is 0.493 e. The first-order valence-corrected chi connectivity index (χ1v) is 12.5. The van der Waals surface area contributed by atoms with E-state index in [1.165, 1.54) is 4.90 Å². The van der Waals surface area contributed by atoms with E-state index in [0.29, 0.717) is 44.0 Å². The van der Waals surface area contributed by atoms with E-state index in [-0.39, 0.29) is 5.91 Å². The van der Waals surface area contributed by atoms with Gasteiger partial charge in [0.15, 0.2) is 0 Å². The summed E-state index contributed by atoms with van der Waals surface area (Å²) in [7, 11) is 0. The van der Waals surface area contributed by atoms with Gasteiger partial charge in [0.1, 0.15) is 17.5 Å². The Bertz CT molecular complexity index is 1010. The molecule has 0 unspecified atom stereocenters. The molecule has 2 aromatic rings. The second kappa shape index (κ2) is 10.8. The van der Waals surface area contributed by atoms with E-state index >= 15 is 0 Å². The van der Waals surface area contributed by atoms with Gasteiger partial charge in [-0.15, -0.1) is 0 Å². The van der Waals surface area contributed by atoms with Crippen molar-refractivity contribution in [3.05, 3.63) is 54.1 Å². The van der Waals surface area contributed by atoms with Crippen LogP contribution in [-0.2, 0) is 4.79 Å². The number of halogens is 1. The van der Waals surface area contributed by atoms with E-state index in [1.807, 2.05) is 36.4 Å². The van der Waals surface area contributed by atoms with Crippen LogP contribution in [0, 0.1) is 5.92 Å². The first-order valence-electron chi connectivity index (χ1n) is 12.5. The summed E-state index contributed by atoms with van der Waals surface area (Å²) in [4.78, 5) is 27.8. The summed E-state index contributed by atoms with van der Waals surface area (Å²) in [6.07, 6.45) is 3.25. The van der Waals surface area contributed by atoms with Crippen LogP contribution in [0.5, 0.6) is 5.75 Å². The van der Waals surface area contributed by atoms with Crippen molar-refractivity contribution in [2.24, 2.45) is 5.92 Å². The molecule has 0 saturated carbocycles. The fourth-order valence-electron chi connectivity index (χ4n) is 5.04. The molecule has 6 nitrogen and oxygen atoms in total. The Balaban J connectivity index is 1.28. The molecule has 4 rings (SSSR count). The summed E-state index contributed by atoms with van der Waals surface area (Å²) < 4.78 is 19.9. The van der Waals surface area contributed by atoms with Crippen LogP contribution in [0.1, 0.15) is 49.9 Å². The molecule has 0 bridgehead atoms. The van der Waals surface area contributed by atoms with E-state index in [2.05, 4.69) is 4.90 Å². The number of rotatable bonds is 8. The molecular weight excluding hydrogens is 447 g/mol. The molecular formula is C28H35FN2O4. The van der Waals surface area contributed by atoms with Gasteiger partial charge in [0.05, 0.1) is 6.61 Å². The Kier molecular flexibility index (Phi) is 7.75. The van der Waals surface area contributed by atoms with Gasteiger partial charge in [-0.05, 0) is 93.9 Å². The van der Waals surface area contributed by atoms with Crippen molar-refractivity contribution < 1.29 is 23.8 Å². The maximum atomic E-state index is 13.9. The highest BCUT2D eigenvalue weighted by molar-refractivity contribution is 5.97. The summed E-state index contributed by atoms with van der Waals surface area (Å²) in [5.74, 6) is 0.127. The highest BCUT2D eigenvalue weighted by Crippen LogP contribution is 2.26. The number of hydrogen-bond acceptors (Lipinski definition) is 4. The Morgan fingerprint density at radius 1 is 0.971 bits per heavy atom. The number of hydrogen-bond donors (Lipinski definition) is 1. The standard InChI is InChI=1S/C28H35FN2O4/c1-28(2,29)19-30-16-13-20(14-17-30)18-35-24-11-9-22(10-12-24)21-5-7-23(8-6-21)26(32)31-15-3-4-25(31)27(33)34/h5-12,20,25H,3-4,13-19H2,1-2H3,(H,33,34)/t25-/m1/s1. The molecule has 1 atom stereocenters. The summed E-state index contributed by atoms with van der Waals surface area (Å²) in [6.45, 7) is 6.71. The molecule has 0 aliphatic carbocycles. The van der Waals surface area contributed by atoms with Crippen molar-refractivity contribution >= 4 is 11.9 Å². The number of likely N-dealkylation sites (tertiary alicyclic amines) is 2. The molecule has 1 amide bonds. The van der Waals surface area contributed by atoms with E-state index in [0.717, 1.165) is 42.8 Å². The topological polar surface area (TPSA) is 70.1 Å². The Morgan fingerprint density at radius 2 is 1.57 bits per heavy atom. The molecule has 2 aromatic carbocycles. The van der Waals surface area contributed by atoms with Gasteiger partial charge in [-0.25, -0.2) is 9.18 Å². The molecule has 0 radical (unpaired) electrons. The van der Waals surface area contributed by atoms with Crippen LogP contribution in [-0.4, -0.2) is 71.3 Å². The molecule has 2 saturated heterocycles. The van der Waals surface area contributed by atoms with Gasteiger partial charge in [0, 0.05) is 18.7 Å². The normalized spacial score (nSPS) is 19.6. The number of ether oxygens (including phenoxy) is 1. The number of carboxylic acids is 1. The summed E-state index contributed by atoms with van der Waals surface area (Å²) >= 11 is 0. The van der Waals surface area contributed by atoms with Crippen molar-refractivity contribution in [2.75, 3.05) is 32.8 Å². The molecule has 0 spiro atoms. The minimum atomic E-state index is -1.15. The van der Waals surface area contributed by atoms with Gasteiger partial charge in [-0.1, -0.05) is 24.3 Å². The third kappa shape index (κ3) is 6.60. The minimum absolute atomic E-state index is 0.232. The maximum absolute atomic E-state index is 13.9. The van der Waals surface area contributed by atoms with Crippen LogP contribution in [0.15, 0.2) is 48.5 Å². The predicted octanol–water partition coefficient (Wildman–Crippen LogP) is 4.88. The van der Waals surface area contributed by atoms with Gasteiger partial charge < -0.3 is 19.6 Å². The third-order valence-electron chi connectivity index (χ3n) is 6.91. The fraction of sp³-hybridized carbons (Fsp3) is 0.500. The van der Waals surface area contributed by atoms with Crippen molar-refractivity contribution in [2.45, 2.75) is 51.2 Å². The molecule has 2 aliphatic rings. The van der Waals surface area contributed by atoms with Crippen molar-refractivity contribution in [3.63, 3.8) is 0 Å². The lowest BCUT2D eigenvalue weighted by Gasteiger charge is -2.34. The lowest BCUT2D eigenvalue weighted by atomic mass is 9.97. The lowest BCUT2D eigenvalue weighted by Crippen LogP contribution is -2.41. The van der Waals surface area contributed by atoms with Gasteiger partial charge in [0.2, 0.25) is 0 Å². The summed E-state index contributed by atoms with van der Waals surface area (Å²) in [5.41, 5.74) is 1.34. The van der Waals surface area contributed by atoms with Crippen LogP contribution in [0.3, 0.4) is 0 Å². The van der Waals surface area contributed by atoms with Gasteiger partial charge >= 0.3 is 5.97 Å². The second-order valence-electron chi connectivity index (χ2n) is 10.3. The average molecular weight is 483 g/mol. The molecule has 7 heteroatoms. The Morgan fingerprint density at radius 3 is 2.14 bits per heavy atom. The molecule has 2 heterocycles. The number of alkyl halides is 1. The third-order valence-corrected chi connectivity index (χ3v) is 6.91. The van der Waals surface area contributed by atoms with E-state index in [9.17, 15) is 19.1 Å². The van der Waals surface area contributed by atoms with E-state index in [4.69, 9.17) is 4.74 Å². The van der Waals surface area contributed by atoms with E-state index < -0.39 is 17.7 Å². The number of aliphatic carboxylic acids is 1. The minimum Gasteiger partial charge on any atom is -0.493 e. The number of amides is 1. The Labute approximate surface area is 206 Å². The average Bonchev–Trinajstić information content (AvgIpc) is 3.33. The molecule has 2 aliphatic heterocycles. The maximum Gasteiger partial charge on any atom is 0.326 e. The first kappa shape index (κ1) is 25.2. The van der Waals surface area contributed by atoms with Crippen LogP contribution >= 0.6 is 0 Å². The monoisotopic (exact) mass is 482 g/mol. The molecule has 0 aromatic heterocycles.